The zero-order chi connectivity index (χ0) is 24.3. The summed E-state index contributed by atoms with van der Waals surface area (Å²) in [5, 5.41) is 3.39. The van der Waals surface area contributed by atoms with Crippen LogP contribution >= 0.6 is 0 Å². The van der Waals surface area contributed by atoms with E-state index in [2.05, 4.69) is 15.3 Å². The topological polar surface area (TPSA) is 73.3 Å². The van der Waals surface area contributed by atoms with E-state index in [1.807, 2.05) is 6.07 Å². The molecule has 2 unspecified atom stereocenters. The molecule has 0 bridgehead atoms. The Morgan fingerprint density at radius 3 is 2.56 bits per heavy atom. The Kier molecular flexibility index (Phi) is 7.33. The summed E-state index contributed by atoms with van der Waals surface area (Å²) in [6, 6.07) is 5.40. The summed E-state index contributed by atoms with van der Waals surface area (Å²) in [6.07, 6.45) is 8.56. The standard InChI is InChI=1S/C26H33F2N3O3/c1-26(28,25(32)34-3)23(18-8-9-18)19-10-11-29-22(12-19)30-14-16-4-6-17(7-5-16)21-13-20(33-2)15-31-24(21)27/h10-13,15-18,23H,4-9,14H2,1-3H3,(H,29,30). The summed E-state index contributed by atoms with van der Waals surface area (Å²) in [7, 11) is 2.78. The minimum absolute atomic E-state index is 0.131. The van der Waals surface area contributed by atoms with Crippen molar-refractivity contribution in [1.82, 2.24) is 9.97 Å². The highest BCUT2D eigenvalue weighted by Gasteiger charge is 2.50. The van der Waals surface area contributed by atoms with Crippen LogP contribution in [0.4, 0.5) is 14.6 Å². The van der Waals surface area contributed by atoms with E-state index in [4.69, 9.17) is 9.47 Å². The van der Waals surface area contributed by atoms with Crippen LogP contribution in [0, 0.1) is 17.8 Å². The van der Waals surface area contributed by atoms with E-state index < -0.39 is 23.5 Å². The van der Waals surface area contributed by atoms with Gasteiger partial charge in [0.2, 0.25) is 11.6 Å². The van der Waals surface area contributed by atoms with Gasteiger partial charge in [0.25, 0.3) is 0 Å². The van der Waals surface area contributed by atoms with Gasteiger partial charge in [-0.3, -0.25) is 0 Å². The summed E-state index contributed by atoms with van der Waals surface area (Å²) in [6.45, 7) is 2.05. The lowest BCUT2D eigenvalue weighted by Gasteiger charge is -2.30. The minimum atomic E-state index is -2.09. The average Bonchev–Trinajstić information content (AvgIpc) is 3.68. The Balaban J connectivity index is 1.36. The summed E-state index contributed by atoms with van der Waals surface area (Å²) in [4.78, 5) is 20.4. The van der Waals surface area contributed by atoms with Crippen LogP contribution in [0.5, 0.6) is 5.75 Å². The van der Waals surface area contributed by atoms with E-state index in [1.165, 1.54) is 20.2 Å². The van der Waals surface area contributed by atoms with Crippen molar-refractivity contribution in [1.29, 1.82) is 0 Å². The smallest absolute Gasteiger partial charge is 0.343 e. The Labute approximate surface area is 199 Å². The summed E-state index contributed by atoms with van der Waals surface area (Å²) >= 11 is 0. The number of nitrogens with zero attached hydrogens (tertiary/aromatic N) is 2. The van der Waals surface area contributed by atoms with Crippen LogP contribution in [0.15, 0.2) is 30.6 Å². The van der Waals surface area contributed by atoms with Crippen molar-refractivity contribution in [3.63, 3.8) is 0 Å². The highest BCUT2D eigenvalue weighted by atomic mass is 19.1. The number of carbonyl (C=O) groups is 1. The monoisotopic (exact) mass is 473 g/mol. The molecule has 8 heteroatoms. The molecule has 1 N–H and O–H groups in total. The number of hydrogen-bond donors (Lipinski definition) is 1. The predicted molar refractivity (Wildman–Crippen MR) is 125 cm³/mol. The van der Waals surface area contributed by atoms with E-state index in [1.54, 1.807) is 25.4 Å². The molecule has 2 aromatic heterocycles. The predicted octanol–water partition coefficient (Wildman–Crippen LogP) is 5.41. The molecule has 2 atom stereocenters. The number of ether oxygens (including phenoxy) is 2. The average molecular weight is 474 g/mol. The van der Waals surface area contributed by atoms with Gasteiger partial charge in [0.05, 0.1) is 20.4 Å². The Bertz CT molecular complexity index is 1000. The van der Waals surface area contributed by atoms with Crippen LogP contribution in [-0.4, -0.2) is 42.4 Å². The quantitative estimate of drug-likeness (QED) is 0.388. The van der Waals surface area contributed by atoms with Crippen LogP contribution < -0.4 is 10.1 Å². The molecule has 0 aromatic carbocycles. The van der Waals surface area contributed by atoms with Gasteiger partial charge in [-0.05, 0) is 87.0 Å². The van der Waals surface area contributed by atoms with Gasteiger partial charge in [0.1, 0.15) is 11.6 Å². The third-order valence-corrected chi connectivity index (χ3v) is 7.34. The number of hydrogen-bond acceptors (Lipinski definition) is 6. The lowest BCUT2D eigenvalue weighted by atomic mass is 9.79. The van der Waals surface area contributed by atoms with Crippen LogP contribution in [0.2, 0.25) is 0 Å². The summed E-state index contributed by atoms with van der Waals surface area (Å²) in [5.74, 6) is 0.150. The van der Waals surface area contributed by atoms with Crippen molar-refractivity contribution in [2.75, 3.05) is 26.1 Å². The fraction of sp³-hybridized carbons (Fsp3) is 0.577. The van der Waals surface area contributed by atoms with Crippen molar-refractivity contribution < 1.29 is 23.0 Å². The number of rotatable bonds is 9. The number of methoxy groups -OCH3 is 2. The maximum absolute atomic E-state index is 15.4. The molecule has 2 aliphatic rings. The van der Waals surface area contributed by atoms with Crippen LogP contribution in [0.3, 0.4) is 0 Å². The molecule has 0 radical (unpaired) electrons. The molecular formula is C26H33F2N3O3. The van der Waals surface area contributed by atoms with Crippen molar-refractivity contribution in [3.8, 4) is 5.75 Å². The Hall–Kier alpha value is -2.77. The molecule has 6 nitrogen and oxygen atoms in total. The third kappa shape index (κ3) is 5.31. The molecule has 2 heterocycles. The van der Waals surface area contributed by atoms with Crippen LogP contribution in [0.25, 0.3) is 0 Å². The number of carbonyl (C=O) groups excluding carboxylic acids is 1. The minimum Gasteiger partial charge on any atom is -0.495 e. The van der Waals surface area contributed by atoms with Gasteiger partial charge in [-0.15, -0.1) is 0 Å². The van der Waals surface area contributed by atoms with Gasteiger partial charge in [-0.2, -0.15) is 4.39 Å². The molecule has 184 valence electrons. The molecule has 0 spiro atoms. The molecule has 0 saturated heterocycles. The molecule has 4 rings (SSSR count). The lowest BCUT2D eigenvalue weighted by Crippen LogP contribution is -2.39. The number of aromatic nitrogens is 2. The third-order valence-electron chi connectivity index (χ3n) is 7.34. The van der Waals surface area contributed by atoms with Gasteiger partial charge in [0.15, 0.2) is 0 Å². The number of esters is 1. The molecular weight excluding hydrogens is 440 g/mol. The second kappa shape index (κ2) is 10.2. The van der Waals surface area contributed by atoms with Gasteiger partial charge in [0, 0.05) is 24.2 Å². The van der Waals surface area contributed by atoms with Crippen molar-refractivity contribution in [3.05, 3.63) is 47.7 Å². The van der Waals surface area contributed by atoms with Crippen molar-refractivity contribution in [2.45, 2.75) is 63.0 Å². The molecule has 2 aromatic rings. The zero-order valence-corrected chi connectivity index (χ0v) is 20.0. The Morgan fingerprint density at radius 2 is 1.91 bits per heavy atom. The van der Waals surface area contributed by atoms with Gasteiger partial charge in [-0.25, -0.2) is 19.2 Å². The number of nitrogens with one attached hydrogen (secondary N) is 1. The van der Waals surface area contributed by atoms with Crippen molar-refractivity contribution >= 4 is 11.8 Å². The maximum Gasteiger partial charge on any atom is 0.343 e. The zero-order valence-electron chi connectivity index (χ0n) is 20.0. The van der Waals surface area contributed by atoms with E-state index in [-0.39, 0.29) is 11.8 Å². The van der Waals surface area contributed by atoms with Crippen LogP contribution in [0.1, 0.15) is 68.4 Å². The van der Waals surface area contributed by atoms with Gasteiger partial charge >= 0.3 is 5.97 Å². The first-order chi connectivity index (χ1) is 16.3. The summed E-state index contributed by atoms with van der Waals surface area (Å²) < 4.78 is 39.6. The lowest BCUT2D eigenvalue weighted by molar-refractivity contribution is -0.155. The van der Waals surface area contributed by atoms with E-state index >= 15 is 4.39 Å². The molecule has 2 aliphatic carbocycles. The number of pyridine rings is 2. The normalized spacial score (nSPS) is 23.0. The summed E-state index contributed by atoms with van der Waals surface area (Å²) in [5.41, 5.74) is -0.691. The molecule has 34 heavy (non-hydrogen) atoms. The second-order valence-electron chi connectivity index (χ2n) is 9.71. The number of anilines is 1. The first kappa shape index (κ1) is 24.4. The molecule has 0 aliphatic heterocycles. The van der Waals surface area contributed by atoms with Crippen molar-refractivity contribution in [2.24, 2.45) is 11.8 Å². The molecule has 0 amide bonds. The highest BCUT2D eigenvalue weighted by molar-refractivity contribution is 5.80. The Morgan fingerprint density at radius 1 is 1.18 bits per heavy atom. The fourth-order valence-electron chi connectivity index (χ4n) is 5.29. The number of halogens is 2. The van der Waals surface area contributed by atoms with E-state index in [0.29, 0.717) is 23.0 Å². The largest absolute Gasteiger partial charge is 0.495 e. The highest BCUT2D eigenvalue weighted by Crippen LogP contribution is 2.50. The SMILES string of the molecule is COC(=O)C(C)(F)C(c1ccnc(NCC2CCC(c3cc(OC)cnc3F)CC2)c1)C1CC1. The maximum atomic E-state index is 15.4. The molecule has 2 saturated carbocycles. The first-order valence-electron chi connectivity index (χ1n) is 12.0. The first-order valence-corrected chi connectivity index (χ1v) is 12.0. The van der Waals surface area contributed by atoms with E-state index in [0.717, 1.165) is 50.6 Å². The van der Waals surface area contributed by atoms with Crippen LogP contribution in [-0.2, 0) is 9.53 Å². The molecule has 2 fully saturated rings. The fourth-order valence-corrected chi connectivity index (χ4v) is 5.29. The van der Waals surface area contributed by atoms with E-state index in [9.17, 15) is 9.18 Å². The van der Waals surface area contributed by atoms with Gasteiger partial charge in [-0.1, -0.05) is 0 Å². The second-order valence-corrected chi connectivity index (χ2v) is 9.71. The number of alkyl halides is 1. The van der Waals surface area contributed by atoms with Gasteiger partial charge < -0.3 is 14.8 Å².